The molecule has 19 heavy (non-hydrogen) atoms. The second-order valence-corrected chi connectivity index (χ2v) is 5.10. The second-order valence-electron chi connectivity index (χ2n) is 5.10. The van der Waals surface area contributed by atoms with Gasteiger partial charge >= 0.3 is 0 Å². The fourth-order valence-corrected chi connectivity index (χ4v) is 2.66. The second kappa shape index (κ2) is 6.53. The zero-order valence-corrected chi connectivity index (χ0v) is 11.8. The minimum atomic E-state index is 0.0805. The molecular formula is C15H22N4. The first-order chi connectivity index (χ1) is 9.26. The Bertz CT molecular complexity index is 444. The lowest BCUT2D eigenvalue weighted by Crippen LogP contribution is -2.50. The first kappa shape index (κ1) is 13.8. The number of piperazine rings is 1. The van der Waals surface area contributed by atoms with Crippen LogP contribution in [0.25, 0.3) is 0 Å². The summed E-state index contributed by atoms with van der Waals surface area (Å²) in [6.07, 6.45) is 3.89. The molecule has 4 heteroatoms. The molecular weight excluding hydrogens is 236 g/mol. The van der Waals surface area contributed by atoms with E-state index in [2.05, 4.69) is 40.8 Å². The van der Waals surface area contributed by atoms with Gasteiger partial charge in [0.1, 0.15) is 5.82 Å². The molecule has 0 spiro atoms. The van der Waals surface area contributed by atoms with Crippen molar-refractivity contribution >= 4 is 5.82 Å². The van der Waals surface area contributed by atoms with Crippen molar-refractivity contribution < 1.29 is 0 Å². The minimum Gasteiger partial charge on any atom is -0.354 e. The van der Waals surface area contributed by atoms with Crippen molar-refractivity contribution in [2.24, 2.45) is 0 Å². The van der Waals surface area contributed by atoms with Gasteiger partial charge in [-0.25, -0.2) is 4.98 Å². The molecule has 0 saturated carbocycles. The van der Waals surface area contributed by atoms with Crippen LogP contribution in [0, 0.1) is 18.3 Å². The molecule has 0 N–H and O–H groups in total. The number of pyridine rings is 1. The van der Waals surface area contributed by atoms with Crippen LogP contribution < -0.4 is 4.90 Å². The molecule has 102 valence electrons. The molecule has 1 saturated heterocycles. The van der Waals surface area contributed by atoms with Crippen LogP contribution >= 0.6 is 0 Å². The fourth-order valence-electron chi connectivity index (χ4n) is 2.66. The van der Waals surface area contributed by atoms with E-state index in [1.165, 1.54) is 5.56 Å². The van der Waals surface area contributed by atoms with E-state index in [9.17, 15) is 5.26 Å². The van der Waals surface area contributed by atoms with Gasteiger partial charge in [0.25, 0.3) is 0 Å². The third-order valence-electron chi connectivity index (χ3n) is 3.75. The molecule has 1 unspecified atom stereocenters. The molecule has 1 aliphatic rings. The molecule has 1 fully saturated rings. The average Bonchev–Trinajstić information content (AvgIpc) is 2.46. The lowest BCUT2D eigenvalue weighted by Gasteiger charge is -2.37. The Balaban J connectivity index is 1.96. The van der Waals surface area contributed by atoms with Crippen LogP contribution in [0.1, 0.15) is 25.3 Å². The molecule has 2 heterocycles. The van der Waals surface area contributed by atoms with Crippen LogP contribution in [0.4, 0.5) is 5.82 Å². The number of nitriles is 1. The van der Waals surface area contributed by atoms with E-state index in [1.54, 1.807) is 0 Å². The van der Waals surface area contributed by atoms with Gasteiger partial charge in [0.05, 0.1) is 12.1 Å². The van der Waals surface area contributed by atoms with Crippen LogP contribution in [0.2, 0.25) is 0 Å². The number of rotatable bonds is 4. The molecule has 0 amide bonds. The predicted molar refractivity (Wildman–Crippen MR) is 77.1 cm³/mol. The molecule has 4 nitrogen and oxygen atoms in total. The molecule has 0 aromatic carbocycles. The van der Waals surface area contributed by atoms with Crippen LogP contribution in [0.3, 0.4) is 0 Å². The monoisotopic (exact) mass is 258 g/mol. The lowest BCUT2D eigenvalue weighted by molar-refractivity contribution is 0.211. The fraction of sp³-hybridized carbons (Fsp3) is 0.600. The maximum absolute atomic E-state index is 9.22. The number of hydrogen-bond acceptors (Lipinski definition) is 4. The molecule has 0 aliphatic carbocycles. The number of nitrogens with zero attached hydrogens (tertiary/aromatic N) is 4. The quantitative estimate of drug-likeness (QED) is 0.830. The summed E-state index contributed by atoms with van der Waals surface area (Å²) in [4.78, 5) is 9.10. The summed E-state index contributed by atoms with van der Waals surface area (Å²) in [6, 6.07) is 6.59. The van der Waals surface area contributed by atoms with Crippen molar-refractivity contribution in [2.45, 2.75) is 32.7 Å². The van der Waals surface area contributed by atoms with Gasteiger partial charge in [-0.2, -0.15) is 5.26 Å². The Kier molecular flexibility index (Phi) is 4.75. The number of aryl methyl sites for hydroxylation is 1. The first-order valence-corrected chi connectivity index (χ1v) is 7.06. The van der Waals surface area contributed by atoms with Crippen LogP contribution in [0.15, 0.2) is 18.3 Å². The SMILES string of the molecule is CCCC(C#N)N1CCN(c2ncccc2C)CC1. The maximum Gasteiger partial charge on any atom is 0.131 e. The highest BCUT2D eigenvalue weighted by Gasteiger charge is 2.24. The van der Waals surface area contributed by atoms with Crippen LogP contribution in [-0.4, -0.2) is 42.1 Å². The Morgan fingerprint density at radius 1 is 1.37 bits per heavy atom. The summed E-state index contributed by atoms with van der Waals surface area (Å²) < 4.78 is 0. The van der Waals surface area contributed by atoms with Crippen molar-refractivity contribution in [2.75, 3.05) is 31.1 Å². The third-order valence-corrected chi connectivity index (χ3v) is 3.75. The van der Waals surface area contributed by atoms with Crippen molar-refractivity contribution in [1.29, 1.82) is 5.26 Å². The van der Waals surface area contributed by atoms with Crippen molar-refractivity contribution in [3.05, 3.63) is 23.9 Å². The highest BCUT2D eigenvalue weighted by atomic mass is 15.3. The van der Waals surface area contributed by atoms with Gasteiger partial charge < -0.3 is 4.90 Å². The lowest BCUT2D eigenvalue weighted by atomic mass is 10.1. The standard InChI is InChI=1S/C15H22N4/c1-3-5-14(12-16)18-8-10-19(11-9-18)15-13(2)6-4-7-17-15/h4,6-7,14H,3,5,8-11H2,1-2H3. The van der Waals surface area contributed by atoms with Crippen LogP contribution in [-0.2, 0) is 0 Å². The summed E-state index contributed by atoms with van der Waals surface area (Å²) in [6.45, 7) is 8.06. The summed E-state index contributed by atoms with van der Waals surface area (Å²) >= 11 is 0. The van der Waals surface area contributed by atoms with E-state index in [1.807, 2.05) is 12.3 Å². The molecule has 1 aromatic heterocycles. The predicted octanol–water partition coefficient (Wildman–Crippen LogP) is 2.20. The summed E-state index contributed by atoms with van der Waals surface area (Å²) in [5.41, 5.74) is 1.22. The molecule has 0 radical (unpaired) electrons. The van der Waals surface area contributed by atoms with Gasteiger partial charge in [0, 0.05) is 32.4 Å². The average molecular weight is 258 g/mol. The Morgan fingerprint density at radius 3 is 2.68 bits per heavy atom. The Hall–Kier alpha value is -1.60. The van der Waals surface area contributed by atoms with Crippen molar-refractivity contribution in [3.8, 4) is 6.07 Å². The highest BCUT2D eigenvalue weighted by molar-refractivity contribution is 5.46. The van der Waals surface area contributed by atoms with Gasteiger partial charge in [-0.1, -0.05) is 19.4 Å². The normalized spacial score (nSPS) is 18.1. The van der Waals surface area contributed by atoms with E-state index in [4.69, 9.17) is 0 Å². The minimum absolute atomic E-state index is 0.0805. The smallest absolute Gasteiger partial charge is 0.131 e. The molecule has 0 bridgehead atoms. The van der Waals surface area contributed by atoms with Gasteiger partial charge in [-0.15, -0.1) is 0 Å². The van der Waals surface area contributed by atoms with Gasteiger partial charge in [0.2, 0.25) is 0 Å². The maximum atomic E-state index is 9.22. The number of aromatic nitrogens is 1. The van der Waals surface area contributed by atoms with Gasteiger partial charge in [0.15, 0.2) is 0 Å². The van der Waals surface area contributed by atoms with E-state index < -0.39 is 0 Å². The Labute approximate surface area is 115 Å². The van der Waals surface area contributed by atoms with Crippen molar-refractivity contribution in [3.63, 3.8) is 0 Å². The number of anilines is 1. The molecule has 1 aromatic rings. The Morgan fingerprint density at radius 2 is 2.11 bits per heavy atom. The van der Waals surface area contributed by atoms with Gasteiger partial charge in [-0.3, -0.25) is 4.90 Å². The summed E-state index contributed by atoms with van der Waals surface area (Å²) in [5, 5.41) is 9.22. The van der Waals surface area contributed by atoms with E-state index in [-0.39, 0.29) is 6.04 Å². The first-order valence-electron chi connectivity index (χ1n) is 7.06. The summed E-state index contributed by atoms with van der Waals surface area (Å²) in [7, 11) is 0. The molecule has 2 rings (SSSR count). The van der Waals surface area contributed by atoms with E-state index >= 15 is 0 Å². The number of hydrogen-bond donors (Lipinski definition) is 0. The largest absolute Gasteiger partial charge is 0.354 e. The molecule has 1 atom stereocenters. The van der Waals surface area contributed by atoms with E-state index in [0.29, 0.717) is 0 Å². The topological polar surface area (TPSA) is 43.2 Å². The zero-order valence-electron chi connectivity index (χ0n) is 11.8. The van der Waals surface area contributed by atoms with Crippen molar-refractivity contribution in [1.82, 2.24) is 9.88 Å². The third kappa shape index (κ3) is 3.24. The van der Waals surface area contributed by atoms with Crippen LogP contribution in [0.5, 0.6) is 0 Å². The highest BCUT2D eigenvalue weighted by Crippen LogP contribution is 2.19. The zero-order chi connectivity index (χ0) is 13.7. The van der Waals surface area contributed by atoms with Gasteiger partial charge in [-0.05, 0) is 25.0 Å². The summed E-state index contributed by atoms with van der Waals surface area (Å²) in [5.74, 6) is 1.09. The molecule has 1 aliphatic heterocycles. The van der Waals surface area contributed by atoms with E-state index in [0.717, 1.165) is 44.8 Å².